The molecule has 6 nitrogen and oxygen atoms in total. The van der Waals surface area contributed by atoms with Crippen LogP contribution in [-0.2, 0) is 41.4 Å². The van der Waals surface area contributed by atoms with E-state index in [-0.39, 0.29) is 28.5 Å². The first-order valence-electron chi connectivity index (χ1n) is 17.3. The fraction of sp³-hybridized carbons (Fsp3) is 0.361. The van der Waals surface area contributed by atoms with E-state index in [0.29, 0.717) is 35.2 Å². The van der Waals surface area contributed by atoms with Crippen molar-refractivity contribution in [2.24, 2.45) is 0 Å². The number of nitrogens with zero attached hydrogens (tertiary/aromatic N) is 4. The zero-order chi connectivity index (χ0) is 42.5. The maximum atomic E-state index is 15.1. The second-order valence-electron chi connectivity index (χ2n) is 14.5. The van der Waals surface area contributed by atoms with Gasteiger partial charge in [-0.3, -0.25) is 9.59 Å². The molecule has 1 amide bonds. The fourth-order valence-corrected chi connectivity index (χ4v) is 7.84. The standard InChI is InChI=1S/C36H26B10F4N4O2S/c1-31(37,38)54(32(2,39)40)36(45,46)35(43,44)52(18-20-6-10-22(11-7-20)23-12-14-24(15-13-23)34(48,49)50)29(56)33(41,42)53-27-5-3-4-26(27)28(55)51-30(53)57-19-21-8-16-25(47)17-9-21/h6,8-10,12-17H,3-5,18-19H2,1-2H3. The molecule has 0 aliphatic heterocycles. The van der Waals surface area contributed by atoms with E-state index >= 15 is 4.79 Å². The average molecular weight is 763 g/mol. The Morgan fingerprint density at radius 1 is 0.825 bits per heavy atom. The van der Waals surface area contributed by atoms with E-state index in [1.807, 2.05) is 0 Å². The van der Waals surface area contributed by atoms with Crippen LogP contribution in [0.3, 0.4) is 0 Å². The van der Waals surface area contributed by atoms with Gasteiger partial charge in [0.25, 0.3) is 5.56 Å². The lowest BCUT2D eigenvalue weighted by atomic mass is 9.33. The van der Waals surface area contributed by atoms with Crippen LogP contribution in [0.1, 0.15) is 48.2 Å². The van der Waals surface area contributed by atoms with Gasteiger partial charge in [-0.2, -0.15) is 18.2 Å². The van der Waals surface area contributed by atoms with Gasteiger partial charge in [0.15, 0.2) is 5.16 Å². The number of alkyl halides is 3. The molecule has 5 rings (SSSR count). The van der Waals surface area contributed by atoms with Crippen molar-refractivity contribution in [3.8, 4) is 11.1 Å². The molecule has 0 N–H and O–H groups in total. The van der Waals surface area contributed by atoms with Crippen LogP contribution in [0.25, 0.3) is 11.1 Å². The Labute approximate surface area is 348 Å². The first kappa shape index (κ1) is 44.6. The predicted octanol–water partition coefficient (Wildman–Crippen LogP) is 1.73. The molecule has 4 aromatic rings. The van der Waals surface area contributed by atoms with Crippen molar-refractivity contribution in [2.75, 3.05) is 0 Å². The summed E-state index contributed by atoms with van der Waals surface area (Å²) in [6, 6.07) is 18.7. The van der Waals surface area contributed by atoms with Gasteiger partial charge in [-0.25, -0.2) is 4.39 Å². The summed E-state index contributed by atoms with van der Waals surface area (Å²) < 4.78 is 54.4. The molecule has 1 aliphatic carbocycles. The Bertz CT molecular complexity index is 2150. The van der Waals surface area contributed by atoms with Crippen molar-refractivity contribution in [1.82, 2.24) is 19.4 Å². The van der Waals surface area contributed by atoms with Gasteiger partial charge >= 0.3 is 6.18 Å². The Kier molecular flexibility index (Phi) is 12.5. The van der Waals surface area contributed by atoms with Crippen molar-refractivity contribution in [3.63, 3.8) is 0 Å². The average Bonchev–Trinajstić information content (AvgIpc) is 3.59. The van der Waals surface area contributed by atoms with Crippen molar-refractivity contribution < 1.29 is 22.4 Å². The molecule has 0 bridgehead atoms. The second kappa shape index (κ2) is 15.9. The lowest BCUT2D eigenvalue weighted by molar-refractivity contribution is -0.138. The third kappa shape index (κ3) is 9.22. The van der Waals surface area contributed by atoms with Gasteiger partial charge in [0.2, 0.25) is 5.91 Å². The van der Waals surface area contributed by atoms with Gasteiger partial charge in [0, 0.05) is 33.5 Å². The molecule has 266 valence electrons. The molecule has 0 saturated carbocycles. The van der Waals surface area contributed by atoms with E-state index in [2.05, 4.69) is 17.1 Å². The Balaban J connectivity index is 1.62. The topological polar surface area (TPSA) is 58.4 Å². The van der Waals surface area contributed by atoms with Crippen LogP contribution in [0, 0.1) is 17.9 Å². The summed E-state index contributed by atoms with van der Waals surface area (Å²) in [6.07, 6.45) is -3.41. The van der Waals surface area contributed by atoms with Crippen molar-refractivity contribution in [1.29, 1.82) is 0 Å². The molecule has 21 heteroatoms. The normalized spacial score (nSPS) is 13.9. The van der Waals surface area contributed by atoms with Gasteiger partial charge in [0.1, 0.15) is 21.5 Å². The largest absolute Gasteiger partial charge is 0.416 e. The number of hydrogen-bond donors (Lipinski definition) is 0. The third-order valence-electron chi connectivity index (χ3n) is 9.43. The summed E-state index contributed by atoms with van der Waals surface area (Å²) in [5.74, 6) is -1.50. The summed E-state index contributed by atoms with van der Waals surface area (Å²) in [7, 11) is 65.4. The van der Waals surface area contributed by atoms with Crippen molar-refractivity contribution in [2.45, 2.75) is 83.4 Å². The summed E-state index contributed by atoms with van der Waals surface area (Å²) in [6.45, 7) is 1.92. The quantitative estimate of drug-likeness (QED) is 0.0901. The lowest BCUT2D eigenvalue weighted by Crippen LogP contribution is -2.82. The Hall–Kier alpha value is -3.49. The first-order chi connectivity index (χ1) is 26.2. The number of hydrogen-bond acceptors (Lipinski definition) is 5. The number of carbonyl (C=O) groups is 1. The van der Waals surface area contributed by atoms with E-state index in [4.69, 9.17) is 78.5 Å². The van der Waals surface area contributed by atoms with Crippen LogP contribution in [0.15, 0.2) is 70.6 Å². The minimum absolute atomic E-state index is 0.0509. The highest BCUT2D eigenvalue weighted by atomic mass is 32.2. The number of aromatic nitrogens is 2. The number of benzene rings is 2. The van der Waals surface area contributed by atoms with Gasteiger partial charge in [-0.15, -0.1) is 0 Å². The lowest BCUT2D eigenvalue weighted by Gasteiger charge is -2.66. The molecular formula is C36H26B10F4N4O2S. The molecule has 1 aliphatic rings. The number of carbonyl (C=O) groups excluding carboxylic acids is 1. The molecular weight excluding hydrogens is 737 g/mol. The number of fused-ring (bicyclic) bond motifs is 1. The van der Waals surface area contributed by atoms with Gasteiger partial charge in [-0.05, 0) is 77.5 Å². The molecule has 0 spiro atoms. The van der Waals surface area contributed by atoms with Gasteiger partial charge in [0.05, 0.1) is 74.9 Å². The summed E-state index contributed by atoms with van der Waals surface area (Å²) >= 11 is 1.01. The van der Waals surface area contributed by atoms with Crippen LogP contribution < -0.4 is 5.56 Å². The number of thioether (sulfide) groups is 1. The predicted molar refractivity (Wildman–Crippen MR) is 221 cm³/mol. The van der Waals surface area contributed by atoms with Crippen LogP contribution >= 0.6 is 11.8 Å². The monoisotopic (exact) mass is 764 g/mol. The molecule has 1 aromatic heterocycles. The molecule has 0 fully saturated rings. The maximum Gasteiger partial charge on any atom is 0.416 e. The highest BCUT2D eigenvalue weighted by Gasteiger charge is 2.52. The van der Waals surface area contributed by atoms with Gasteiger partial charge < -0.3 is 14.4 Å². The van der Waals surface area contributed by atoms with Crippen LogP contribution in [0.4, 0.5) is 17.6 Å². The van der Waals surface area contributed by atoms with E-state index < -0.39 is 62.3 Å². The van der Waals surface area contributed by atoms with Crippen molar-refractivity contribution in [3.05, 3.63) is 117 Å². The zero-order valence-corrected chi connectivity index (χ0v) is 31.9. The Morgan fingerprint density at radius 2 is 1.42 bits per heavy atom. The van der Waals surface area contributed by atoms with Crippen LogP contribution in [-0.4, -0.2) is 125 Å². The molecule has 0 atom stereocenters. The van der Waals surface area contributed by atoms with E-state index in [9.17, 15) is 22.4 Å². The molecule has 20 radical (unpaired) electrons. The van der Waals surface area contributed by atoms with E-state index in [0.717, 1.165) is 33.7 Å². The number of amides is 1. The highest BCUT2D eigenvalue weighted by Crippen LogP contribution is 2.37. The van der Waals surface area contributed by atoms with E-state index in [1.54, 1.807) is 0 Å². The maximum absolute atomic E-state index is 15.1. The highest BCUT2D eigenvalue weighted by molar-refractivity contribution is 7.98. The zero-order valence-electron chi connectivity index (χ0n) is 31.1. The summed E-state index contributed by atoms with van der Waals surface area (Å²) in [5, 5.41) is -12.2. The molecule has 57 heavy (non-hydrogen) atoms. The van der Waals surface area contributed by atoms with Crippen LogP contribution in [0.2, 0.25) is 0 Å². The summed E-state index contributed by atoms with van der Waals surface area (Å²) in [4.78, 5) is 34.1. The smallest absolute Gasteiger partial charge is 0.348 e. The molecule has 0 saturated heterocycles. The van der Waals surface area contributed by atoms with Crippen LogP contribution in [0.5, 0.6) is 0 Å². The minimum Gasteiger partial charge on any atom is -0.348 e. The fourth-order valence-electron chi connectivity index (χ4n) is 6.81. The number of halogens is 4. The molecule has 0 unspecified atom stereocenters. The number of rotatable bonds is 13. The SMILES string of the molecule is [B]C([B])(C)N(C([B])([B])C)C([B])([B])C([B])([B])N(Cc1c#cc(-c2ccc(C(F)(F)F)cc2)cc1)C(=O)C([B])([B])n1c(SCc2ccc(F)cc2)nc(=O)c2c1CCC2. The third-order valence-corrected chi connectivity index (χ3v) is 10.4. The van der Waals surface area contributed by atoms with Gasteiger partial charge in [-0.1, -0.05) is 72.7 Å². The Morgan fingerprint density at radius 3 is 1.95 bits per heavy atom. The minimum atomic E-state index is -4.53. The molecule has 3 aromatic carbocycles. The molecule has 1 heterocycles. The summed E-state index contributed by atoms with van der Waals surface area (Å²) in [5.41, 5.74) is 0.788. The second-order valence-corrected chi connectivity index (χ2v) is 15.4. The van der Waals surface area contributed by atoms with Crippen molar-refractivity contribution >= 4 is 96.1 Å². The van der Waals surface area contributed by atoms with E-state index in [1.165, 1.54) is 66.9 Å². The first-order valence-corrected chi connectivity index (χ1v) is 18.3.